The van der Waals surface area contributed by atoms with Crippen molar-refractivity contribution in [3.8, 4) is 11.1 Å². The number of carbonyl (C=O) groups excluding carboxylic acids is 1. The highest BCUT2D eigenvalue weighted by Crippen LogP contribution is 2.35. The number of carbonyl (C=O) groups is 1. The number of aromatic nitrogens is 4. The van der Waals surface area contributed by atoms with Crippen molar-refractivity contribution in [1.29, 1.82) is 0 Å². The van der Waals surface area contributed by atoms with Crippen LogP contribution in [0.3, 0.4) is 0 Å². The highest BCUT2D eigenvalue weighted by atomic mass is 16.3. The molecule has 0 bridgehead atoms. The van der Waals surface area contributed by atoms with E-state index in [9.17, 15) is 14.7 Å². The maximum atomic E-state index is 12.8. The molecular weight excluding hydrogens is 430 g/mol. The molecule has 8 nitrogen and oxygen atoms in total. The van der Waals surface area contributed by atoms with Gasteiger partial charge in [0.15, 0.2) is 0 Å². The summed E-state index contributed by atoms with van der Waals surface area (Å²) in [6.07, 6.45) is 3.63. The van der Waals surface area contributed by atoms with Gasteiger partial charge in [-0.15, -0.1) is 0 Å². The van der Waals surface area contributed by atoms with Gasteiger partial charge in [0, 0.05) is 42.5 Å². The van der Waals surface area contributed by atoms with Crippen LogP contribution in [0.5, 0.6) is 0 Å². The fourth-order valence-electron chi connectivity index (χ4n) is 4.34. The van der Waals surface area contributed by atoms with Gasteiger partial charge in [-0.25, -0.2) is 0 Å². The molecular formula is C26H31N5O3. The van der Waals surface area contributed by atoms with E-state index in [-0.39, 0.29) is 11.5 Å². The summed E-state index contributed by atoms with van der Waals surface area (Å²) >= 11 is 0. The molecule has 178 valence electrons. The zero-order valence-corrected chi connectivity index (χ0v) is 20.5. The molecule has 0 spiro atoms. The summed E-state index contributed by atoms with van der Waals surface area (Å²) in [5.74, 6) is -0.278. The number of H-pyrrole nitrogens is 1. The standard InChI is InChI=1S/C26H31N5O3/c1-7-27-24(32)21-11-17-19(12-30(6)25(33)22(17)28-21)20-14-31(29-23(20)26(4,5)34)13-18-15(2)9-8-10-16(18)3/h8-12,14,28,34H,7,13H2,1-6H3,(H,27,32). The quantitative estimate of drug-likeness (QED) is 0.409. The van der Waals surface area contributed by atoms with Crippen molar-refractivity contribution >= 4 is 16.8 Å². The molecule has 4 rings (SSSR count). The summed E-state index contributed by atoms with van der Waals surface area (Å²) in [6, 6.07) is 7.87. The van der Waals surface area contributed by atoms with Crippen LogP contribution in [0, 0.1) is 13.8 Å². The Balaban J connectivity index is 1.93. The van der Waals surface area contributed by atoms with E-state index in [1.54, 1.807) is 33.2 Å². The Hall–Kier alpha value is -3.65. The number of rotatable bonds is 6. The van der Waals surface area contributed by atoms with Gasteiger partial charge < -0.3 is 20.0 Å². The topological polar surface area (TPSA) is 105 Å². The fourth-order valence-corrected chi connectivity index (χ4v) is 4.34. The minimum atomic E-state index is -1.22. The Morgan fingerprint density at radius 3 is 2.47 bits per heavy atom. The molecule has 0 aliphatic heterocycles. The molecule has 0 aliphatic carbocycles. The third kappa shape index (κ3) is 4.17. The molecule has 0 saturated carbocycles. The fraction of sp³-hybridized carbons (Fsp3) is 0.346. The second-order valence-corrected chi connectivity index (χ2v) is 9.31. The lowest BCUT2D eigenvalue weighted by atomic mass is 9.96. The number of aliphatic hydroxyl groups is 1. The summed E-state index contributed by atoms with van der Waals surface area (Å²) in [7, 11) is 1.67. The van der Waals surface area contributed by atoms with Crippen molar-refractivity contribution in [2.45, 2.75) is 46.8 Å². The molecule has 0 atom stereocenters. The van der Waals surface area contributed by atoms with Gasteiger partial charge in [0.2, 0.25) is 0 Å². The van der Waals surface area contributed by atoms with Gasteiger partial charge in [-0.1, -0.05) is 18.2 Å². The monoisotopic (exact) mass is 461 g/mol. The normalized spacial score (nSPS) is 11.9. The van der Waals surface area contributed by atoms with Crippen LogP contribution in [0.1, 0.15) is 53.6 Å². The lowest BCUT2D eigenvalue weighted by Crippen LogP contribution is -2.23. The molecule has 1 amide bonds. The van der Waals surface area contributed by atoms with E-state index >= 15 is 0 Å². The third-order valence-corrected chi connectivity index (χ3v) is 6.14. The molecule has 34 heavy (non-hydrogen) atoms. The van der Waals surface area contributed by atoms with Gasteiger partial charge in [-0.05, 0) is 57.4 Å². The van der Waals surface area contributed by atoms with E-state index in [4.69, 9.17) is 5.10 Å². The number of hydrogen-bond donors (Lipinski definition) is 3. The third-order valence-electron chi connectivity index (χ3n) is 6.14. The number of aromatic amines is 1. The van der Waals surface area contributed by atoms with E-state index < -0.39 is 5.60 Å². The summed E-state index contributed by atoms with van der Waals surface area (Å²) in [6.45, 7) is 10.4. The summed E-state index contributed by atoms with van der Waals surface area (Å²) < 4.78 is 3.30. The average molecular weight is 462 g/mol. The first kappa shape index (κ1) is 23.5. The van der Waals surface area contributed by atoms with Crippen molar-refractivity contribution < 1.29 is 9.90 Å². The number of pyridine rings is 1. The Bertz CT molecular complexity index is 1430. The minimum Gasteiger partial charge on any atom is -0.384 e. The van der Waals surface area contributed by atoms with E-state index in [0.717, 1.165) is 0 Å². The van der Waals surface area contributed by atoms with Crippen LogP contribution < -0.4 is 10.9 Å². The second kappa shape index (κ2) is 8.61. The van der Waals surface area contributed by atoms with Gasteiger partial charge in [0.25, 0.3) is 11.5 Å². The molecule has 8 heteroatoms. The predicted octanol–water partition coefficient (Wildman–Crippen LogP) is 3.37. The molecule has 3 aromatic heterocycles. The Morgan fingerprint density at radius 1 is 1.18 bits per heavy atom. The molecule has 0 saturated heterocycles. The molecule has 3 heterocycles. The van der Waals surface area contributed by atoms with E-state index in [0.29, 0.717) is 46.5 Å². The Morgan fingerprint density at radius 2 is 1.85 bits per heavy atom. The van der Waals surface area contributed by atoms with Crippen LogP contribution >= 0.6 is 0 Å². The molecule has 1 aromatic carbocycles. The number of amides is 1. The van der Waals surface area contributed by atoms with E-state index in [1.807, 2.05) is 23.9 Å². The van der Waals surface area contributed by atoms with Crippen molar-refractivity contribution in [1.82, 2.24) is 24.6 Å². The summed E-state index contributed by atoms with van der Waals surface area (Å²) in [4.78, 5) is 28.3. The van der Waals surface area contributed by atoms with Gasteiger partial charge >= 0.3 is 0 Å². The highest BCUT2D eigenvalue weighted by Gasteiger charge is 2.28. The number of benzene rings is 1. The lowest BCUT2D eigenvalue weighted by molar-refractivity contribution is 0.0736. The van der Waals surface area contributed by atoms with Crippen molar-refractivity contribution in [3.63, 3.8) is 0 Å². The van der Waals surface area contributed by atoms with Crippen LogP contribution in [0.2, 0.25) is 0 Å². The molecule has 0 unspecified atom stereocenters. The predicted molar refractivity (Wildman–Crippen MR) is 133 cm³/mol. The number of nitrogens with one attached hydrogen (secondary N) is 2. The van der Waals surface area contributed by atoms with Crippen molar-refractivity contribution in [2.75, 3.05) is 6.54 Å². The number of aryl methyl sites for hydroxylation is 3. The maximum absolute atomic E-state index is 12.8. The highest BCUT2D eigenvalue weighted by molar-refractivity contribution is 6.02. The minimum absolute atomic E-state index is 0.234. The van der Waals surface area contributed by atoms with E-state index in [2.05, 4.69) is 36.3 Å². The number of nitrogens with zero attached hydrogens (tertiary/aromatic N) is 3. The smallest absolute Gasteiger partial charge is 0.274 e. The average Bonchev–Trinajstić information content (AvgIpc) is 3.39. The second-order valence-electron chi connectivity index (χ2n) is 9.31. The molecule has 0 aliphatic rings. The van der Waals surface area contributed by atoms with Gasteiger partial charge in [-0.3, -0.25) is 14.3 Å². The first-order valence-electron chi connectivity index (χ1n) is 11.4. The SMILES string of the molecule is CCNC(=O)c1cc2c(-c3cn(Cc4c(C)cccc4C)nc3C(C)(C)O)cn(C)c(=O)c2[nH]1. The lowest BCUT2D eigenvalue weighted by Gasteiger charge is -2.17. The largest absolute Gasteiger partial charge is 0.384 e. The van der Waals surface area contributed by atoms with Crippen LogP contribution in [-0.2, 0) is 19.2 Å². The zero-order valence-electron chi connectivity index (χ0n) is 20.5. The molecule has 3 N–H and O–H groups in total. The molecule has 4 aromatic rings. The van der Waals surface area contributed by atoms with Gasteiger partial charge in [0.05, 0.1) is 6.54 Å². The summed E-state index contributed by atoms with van der Waals surface area (Å²) in [5.41, 5.74) is 4.63. The first-order chi connectivity index (χ1) is 16.0. The first-order valence-corrected chi connectivity index (χ1v) is 11.4. The van der Waals surface area contributed by atoms with Crippen LogP contribution in [-0.4, -0.2) is 36.9 Å². The molecule has 0 fully saturated rings. The molecule has 0 radical (unpaired) electrons. The summed E-state index contributed by atoms with van der Waals surface area (Å²) in [5, 5.41) is 19.1. The van der Waals surface area contributed by atoms with Crippen molar-refractivity contribution in [2.24, 2.45) is 7.05 Å². The van der Waals surface area contributed by atoms with Gasteiger partial charge in [0.1, 0.15) is 22.5 Å². The Kier molecular flexibility index (Phi) is 5.95. The maximum Gasteiger partial charge on any atom is 0.274 e. The van der Waals surface area contributed by atoms with Crippen molar-refractivity contribution in [3.05, 3.63) is 75.1 Å². The number of fused-ring (bicyclic) bond motifs is 1. The zero-order chi connectivity index (χ0) is 24.8. The van der Waals surface area contributed by atoms with Crippen LogP contribution in [0.15, 0.2) is 41.5 Å². The van der Waals surface area contributed by atoms with E-state index in [1.165, 1.54) is 21.3 Å². The number of hydrogen-bond acceptors (Lipinski definition) is 4. The Labute approximate surface area is 198 Å². The van der Waals surface area contributed by atoms with Gasteiger partial charge in [-0.2, -0.15) is 5.10 Å². The van der Waals surface area contributed by atoms with Crippen LogP contribution in [0.4, 0.5) is 0 Å². The van der Waals surface area contributed by atoms with Crippen LogP contribution in [0.25, 0.3) is 22.0 Å².